The molecule has 0 heterocycles. The predicted octanol–water partition coefficient (Wildman–Crippen LogP) is 7.05. The Morgan fingerprint density at radius 3 is 2.40 bits per heavy atom. The normalized spacial score (nSPS) is 18.3. The summed E-state index contributed by atoms with van der Waals surface area (Å²) in [5.74, 6) is -4.92. The second-order valence-corrected chi connectivity index (χ2v) is 10.7. The first kappa shape index (κ1) is 25.8. The number of hydrogen-bond acceptors (Lipinski definition) is 3. The van der Waals surface area contributed by atoms with Crippen LogP contribution in [0.2, 0.25) is 5.02 Å². The lowest BCUT2D eigenvalue weighted by atomic mass is 10.0. The molecule has 1 fully saturated rings. The maximum absolute atomic E-state index is 14.2. The molecular weight excluding hydrogens is 592 g/mol. The molecule has 0 spiro atoms. The van der Waals surface area contributed by atoms with E-state index in [9.17, 15) is 22.8 Å². The van der Waals surface area contributed by atoms with E-state index in [1.165, 1.54) is 36.4 Å². The Bertz CT molecular complexity index is 1370. The van der Waals surface area contributed by atoms with Crippen molar-refractivity contribution in [2.45, 2.75) is 16.7 Å². The molecule has 2 unspecified atom stereocenters. The van der Waals surface area contributed by atoms with E-state index in [0.29, 0.717) is 5.56 Å². The van der Waals surface area contributed by atoms with Crippen LogP contribution in [0.5, 0.6) is 0 Å². The van der Waals surface area contributed by atoms with Crippen molar-refractivity contribution in [1.29, 1.82) is 0 Å². The lowest BCUT2D eigenvalue weighted by Gasteiger charge is -2.10. The summed E-state index contributed by atoms with van der Waals surface area (Å²) >= 11 is 21.9. The monoisotopic (exact) mass is 604 g/mol. The number of amides is 1. The van der Waals surface area contributed by atoms with Gasteiger partial charge in [0.1, 0.15) is 21.7 Å². The van der Waals surface area contributed by atoms with Crippen molar-refractivity contribution < 1.29 is 22.8 Å². The lowest BCUT2D eigenvalue weighted by Crippen LogP contribution is -2.17. The smallest absolute Gasteiger partial charge is 0.231 e. The molecule has 1 saturated carbocycles. The van der Waals surface area contributed by atoms with Gasteiger partial charge in [0, 0.05) is 23.6 Å². The van der Waals surface area contributed by atoms with Gasteiger partial charge < -0.3 is 11.1 Å². The van der Waals surface area contributed by atoms with Gasteiger partial charge in [-0.25, -0.2) is 13.2 Å². The molecule has 0 bridgehead atoms. The number of carbonyl (C=O) groups excluding carboxylic acids is 2. The van der Waals surface area contributed by atoms with Crippen LogP contribution in [-0.4, -0.2) is 16.0 Å². The fourth-order valence-electron chi connectivity index (χ4n) is 3.83. The van der Waals surface area contributed by atoms with Gasteiger partial charge in [-0.3, -0.25) is 9.59 Å². The van der Waals surface area contributed by atoms with E-state index in [2.05, 4.69) is 21.2 Å². The molecule has 11 heteroatoms. The minimum Gasteiger partial charge on any atom is -0.394 e. The van der Waals surface area contributed by atoms with Crippen LogP contribution in [0.25, 0.3) is 0 Å². The van der Waals surface area contributed by atoms with Gasteiger partial charge in [-0.2, -0.15) is 0 Å². The van der Waals surface area contributed by atoms with Crippen LogP contribution in [0.3, 0.4) is 0 Å². The number of alkyl halides is 2. The van der Waals surface area contributed by atoms with Crippen molar-refractivity contribution in [2.75, 3.05) is 11.1 Å². The number of Topliss-reactive ketones (excluding diaryl/α,β-unsaturated/α-hetero) is 1. The number of ketones is 1. The van der Waals surface area contributed by atoms with Gasteiger partial charge in [-0.15, -0.1) is 23.2 Å². The molecule has 0 aliphatic heterocycles. The number of anilines is 2. The summed E-state index contributed by atoms with van der Waals surface area (Å²) in [5, 5.41) is 2.73. The molecule has 3 aromatic rings. The molecule has 3 aromatic carbocycles. The summed E-state index contributed by atoms with van der Waals surface area (Å²) in [6.07, 6.45) is -0.427. The topological polar surface area (TPSA) is 72.2 Å². The van der Waals surface area contributed by atoms with Gasteiger partial charge in [-0.1, -0.05) is 23.7 Å². The highest BCUT2D eigenvalue weighted by Gasteiger charge is 2.67. The first-order valence-corrected chi connectivity index (χ1v) is 12.0. The predicted molar refractivity (Wildman–Crippen MR) is 134 cm³/mol. The third kappa shape index (κ3) is 5.03. The fraction of sp³-hybridized carbons (Fsp3) is 0.167. The number of halogens is 7. The third-order valence-electron chi connectivity index (χ3n) is 5.73. The quantitative estimate of drug-likeness (QED) is 0.179. The van der Waals surface area contributed by atoms with E-state index >= 15 is 0 Å². The van der Waals surface area contributed by atoms with E-state index in [1.54, 1.807) is 0 Å². The van der Waals surface area contributed by atoms with E-state index in [4.69, 9.17) is 40.5 Å². The number of nitrogen functional groups attached to an aromatic ring is 1. The summed E-state index contributed by atoms with van der Waals surface area (Å²) in [7, 11) is 0. The van der Waals surface area contributed by atoms with Crippen LogP contribution in [0, 0.1) is 23.4 Å². The average molecular weight is 607 g/mol. The Morgan fingerprint density at radius 2 is 1.71 bits per heavy atom. The maximum Gasteiger partial charge on any atom is 0.231 e. The largest absolute Gasteiger partial charge is 0.394 e. The number of nitrogens with one attached hydrogen (secondary N) is 1. The van der Waals surface area contributed by atoms with E-state index in [1.807, 2.05) is 0 Å². The van der Waals surface area contributed by atoms with Crippen molar-refractivity contribution in [3.05, 3.63) is 92.2 Å². The molecule has 2 atom stereocenters. The molecule has 4 nitrogen and oxygen atoms in total. The van der Waals surface area contributed by atoms with Gasteiger partial charge >= 0.3 is 0 Å². The standard InChI is InChI=1S/C24H15BrCl3F3N2O2/c25-14-7-10(1-5-16(14)29)19-20(24(19,27)28)23(35)33-12-3-4-15(26)13(9-12)18(34)8-11-2-6-17(30)22(32)21(11)31/h1-7,9,19-20H,8,32H2,(H,33,35). The highest BCUT2D eigenvalue weighted by atomic mass is 79.9. The number of carbonyl (C=O) groups is 2. The van der Waals surface area contributed by atoms with Gasteiger partial charge in [0.2, 0.25) is 5.91 Å². The van der Waals surface area contributed by atoms with Gasteiger partial charge in [0.25, 0.3) is 0 Å². The Kier molecular flexibility index (Phi) is 7.12. The SMILES string of the molecule is Nc1c(F)ccc(CC(=O)c2cc(NC(=O)C3C(c4ccc(F)c(Br)c4)C3(Cl)Cl)ccc2Cl)c1F. The first-order valence-electron chi connectivity index (χ1n) is 10.1. The number of rotatable bonds is 6. The summed E-state index contributed by atoms with van der Waals surface area (Å²) in [6, 6.07) is 10.6. The van der Waals surface area contributed by atoms with Crippen molar-refractivity contribution in [2.24, 2.45) is 5.92 Å². The highest BCUT2D eigenvalue weighted by molar-refractivity contribution is 9.10. The van der Waals surface area contributed by atoms with Crippen LogP contribution in [0.4, 0.5) is 24.5 Å². The highest BCUT2D eigenvalue weighted by Crippen LogP contribution is 2.65. The number of nitrogens with two attached hydrogens (primary N) is 1. The zero-order chi connectivity index (χ0) is 25.7. The second kappa shape index (κ2) is 9.65. The van der Waals surface area contributed by atoms with Crippen molar-refractivity contribution in [1.82, 2.24) is 0 Å². The first-order chi connectivity index (χ1) is 16.4. The molecule has 35 heavy (non-hydrogen) atoms. The minimum absolute atomic E-state index is 0.0181. The van der Waals surface area contributed by atoms with Crippen LogP contribution < -0.4 is 11.1 Å². The maximum atomic E-state index is 14.2. The van der Waals surface area contributed by atoms with Crippen LogP contribution in [0.15, 0.2) is 53.0 Å². The van der Waals surface area contributed by atoms with Gasteiger partial charge in [-0.05, 0) is 63.5 Å². The van der Waals surface area contributed by atoms with Crippen molar-refractivity contribution in [3.63, 3.8) is 0 Å². The van der Waals surface area contributed by atoms with Crippen molar-refractivity contribution in [3.8, 4) is 0 Å². The Morgan fingerprint density at radius 1 is 1.03 bits per heavy atom. The van der Waals surface area contributed by atoms with Crippen LogP contribution >= 0.6 is 50.7 Å². The molecular formula is C24H15BrCl3F3N2O2. The summed E-state index contributed by atoms with van der Waals surface area (Å²) in [4.78, 5) is 25.7. The summed E-state index contributed by atoms with van der Waals surface area (Å²) in [5.41, 5.74) is 5.41. The van der Waals surface area contributed by atoms with Crippen molar-refractivity contribution >= 4 is 73.8 Å². The second-order valence-electron chi connectivity index (χ2n) is 8.02. The van der Waals surface area contributed by atoms with E-state index < -0.39 is 57.4 Å². The zero-order valence-electron chi connectivity index (χ0n) is 17.5. The Balaban J connectivity index is 1.52. The van der Waals surface area contributed by atoms with E-state index in [-0.39, 0.29) is 26.3 Å². The zero-order valence-corrected chi connectivity index (χ0v) is 21.4. The summed E-state index contributed by atoms with van der Waals surface area (Å²) < 4.78 is 40.0. The van der Waals surface area contributed by atoms with Gasteiger partial charge in [0.15, 0.2) is 11.6 Å². The molecule has 0 saturated heterocycles. The molecule has 4 rings (SSSR count). The average Bonchev–Trinajstić information content (AvgIpc) is 3.39. The molecule has 0 radical (unpaired) electrons. The minimum atomic E-state index is -1.41. The lowest BCUT2D eigenvalue weighted by molar-refractivity contribution is -0.117. The fourth-order valence-corrected chi connectivity index (χ4v) is 5.28. The van der Waals surface area contributed by atoms with Gasteiger partial charge in [0.05, 0.1) is 15.4 Å². The summed E-state index contributed by atoms with van der Waals surface area (Å²) in [6.45, 7) is 0. The molecule has 182 valence electrons. The number of hydrogen-bond donors (Lipinski definition) is 2. The molecule has 3 N–H and O–H groups in total. The molecule has 1 amide bonds. The van der Waals surface area contributed by atoms with E-state index in [0.717, 1.165) is 12.1 Å². The molecule has 1 aliphatic carbocycles. The number of benzene rings is 3. The van der Waals surface area contributed by atoms with Crippen LogP contribution in [-0.2, 0) is 11.2 Å². The van der Waals surface area contributed by atoms with Crippen LogP contribution in [0.1, 0.15) is 27.4 Å². The Hall–Kier alpha value is -2.26. The molecule has 0 aromatic heterocycles. The Labute approximate surface area is 221 Å². The third-order valence-corrected chi connectivity index (χ3v) is 7.61. The molecule has 1 aliphatic rings.